The summed E-state index contributed by atoms with van der Waals surface area (Å²) in [5.74, 6) is 1.21. The number of benzene rings is 2. The predicted molar refractivity (Wildman–Crippen MR) is 80.9 cm³/mol. The summed E-state index contributed by atoms with van der Waals surface area (Å²) >= 11 is 0. The van der Waals surface area contributed by atoms with Crippen LogP contribution in [0.1, 0.15) is 0 Å². The van der Waals surface area contributed by atoms with Crippen LogP contribution in [0.3, 0.4) is 0 Å². The minimum absolute atomic E-state index is 0.212. The van der Waals surface area contributed by atoms with Crippen LogP contribution in [0, 0.1) is 0 Å². The van der Waals surface area contributed by atoms with Gasteiger partial charge in [-0.2, -0.15) is 5.10 Å². The minimum atomic E-state index is -0.212. The normalized spacial score (nSPS) is 10.6. The second-order valence-corrected chi connectivity index (χ2v) is 4.49. The molecule has 0 aliphatic carbocycles. The van der Waals surface area contributed by atoms with Gasteiger partial charge in [0.1, 0.15) is 5.69 Å². The van der Waals surface area contributed by atoms with Crippen molar-refractivity contribution in [1.29, 1.82) is 0 Å². The molecule has 0 unspecified atom stereocenters. The molecule has 0 spiro atoms. The van der Waals surface area contributed by atoms with Crippen LogP contribution in [0.5, 0.6) is 11.5 Å². The van der Waals surface area contributed by atoms with Crippen molar-refractivity contribution in [2.24, 2.45) is 0 Å². The number of aromatic amines is 1. The van der Waals surface area contributed by atoms with E-state index in [0.29, 0.717) is 22.6 Å². The molecule has 1 heterocycles. The highest BCUT2D eigenvalue weighted by Gasteiger charge is 2.15. The van der Waals surface area contributed by atoms with Crippen molar-refractivity contribution >= 4 is 10.8 Å². The fourth-order valence-corrected chi connectivity index (χ4v) is 2.39. The minimum Gasteiger partial charge on any atom is -0.493 e. The highest BCUT2D eigenvalue weighted by Crippen LogP contribution is 2.38. The lowest BCUT2D eigenvalue weighted by molar-refractivity contribution is 0.356. The highest BCUT2D eigenvalue weighted by molar-refractivity contribution is 5.95. The Labute approximate surface area is 121 Å². The molecule has 21 heavy (non-hydrogen) atoms. The maximum absolute atomic E-state index is 11.9. The molecule has 2 aromatic carbocycles. The fourth-order valence-electron chi connectivity index (χ4n) is 2.39. The van der Waals surface area contributed by atoms with Crippen molar-refractivity contribution in [3.63, 3.8) is 0 Å². The Morgan fingerprint density at radius 3 is 2.43 bits per heavy atom. The molecule has 0 saturated heterocycles. The molecule has 3 rings (SSSR count). The van der Waals surface area contributed by atoms with Crippen LogP contribution in [0.4, 0.5) is 0 Å². The van der Waals surface area contributed by atoms with Crippen molar-refractivity contribution in [3.8, 4) is 22.8 Å². The van der Waals surface area contributed by atoms with Gasteiger partial charge in [0.15, 0.2) is 11.5 Å². The van der Waals surface area contributed by atoms with E-state index in [2.05, 4.69) is 10.2 Å². The van der Waals surface area contributed by atoms with Gasteiger partial charge in [0.2, 0.25) is 0 Å². The maximum atomic E-state index is 11.9. The van der Waals surface area contributed by atoms with E-state index < -0.39 is 0 Å². The third-order valence-electron chi connectivity index (χ3n) is 3.35. The summed E-state index contributed by atoms with van der Waals surface area (Å²) in [6.07, 6.45) is 0. The van der Waals surface area contributed by atoms with Crippen LogP contribution < -0.4 is 15.0 Å². The first-order valence-electron chi connectivity index (χ1n) is 6.45. The lowest BCUT2D eigenvalue weighted by Gasteiger charge is -2.13. The van der Waals surface area contributed by atoms with Gasteiger partial charge in [-0.15, -0.1) is 0 Å². The van der Waals surface area contributed by atoms with Crippen molar-refractivity contribution < 1.29 is 9.47 Å². The van der Waals surface area contributed by atoms with E-state index >= 15 is 0 Å². The molecule has 0 amide bonds. The van der Waals surface area contributed by atoms with Crippen molar-refractivity contribution in [3.05, 3.63) is 52.8 Å². The first kappa shape index (κ1) is 13.2. The van der Waals surface area contributed by atoms with Gasteiger partial charge in [0, 0.05) is 10.9 Å². The Morgan fingerprint density at radius 2 is 1.71 bits per heavy atom. The van der Waals surface area contributed by atoms with Crippen LogP contribution in [0.25, 0.3) is 22.0 Å². The zero-order valence-corrected chi connectivity index (χ0v) is 11.7. The van der Waals surface area contributed by atoms with Gasteiger partial charge in [-0.3, -0.25) is 4.79 Å². The van der Waals surface area contributed by atoms with Crippen molar-refractivity contribution in [2.45, 2.75) is 0 Å². The second kappa shape index (κ2) is 5.28. The molecule has 5 heteroatoms. The molecule has 5 nitrogen and oxygen atoms in total. The Kier molecular flexibility index (Phi) is 3.31. The number of aromatic nitrogens is 2. The topological polar surface area (TPSA) is 64.2 Å². The highest BCUT2D eigenvalue weighted by atomic mass is 16.5. The molecule has 0 aliphatic heterocycles. The van der Waals surface area contributed by atoms with E-state index in [1.165, 1.54) is 0 Å². The summed E-state index contributed by atoms with van der Waals surface area (Å²) in [6.45, 7) is 0. The molecule has 0 radical (unpaired) electrons. The third kappa shape index (κ3) is 2.12. The molecule has 0 aliphatic rings. The van der Waals surface area contributed by atoms with Crippen LogP contribution in [-0.2, 0) is 0 Å². The summed E-state index contributed by atoms with van der Waals surface area (Å²) < 4.78 is 10.8. The third-order valence-corrected chi connectivity index (χ3v) is 3.35. The molecule has 1 aromatic heterocycles. The molecule has 0 bridgehead atoms. The summed E-state index contributed by atoms with van der Waals surface area (Å²) in [4.78, 5) is 11.9. The molecule has 106 valence electrons. The SMILES string of the molecule is COc1cccc(-c2n[nH]c(=O)c3ccccc23)c1OC. The van der Waals surface area contributed by atoms with Gasteiger partial charge in [-0.25, -0.2) is 5.10 Å². The summed E-state index contributed by atoms with van der Waals surface area (Å²) in [5, 5.41) is 8.08. The molecule has 0 fully saturated rings. The summed E-state index contributed by atoms with van der Waals surface area (Å²) in [6, 6.07) is 12.9. The van der Waals surface area contributed by atoms with Crippen LogP contribution in [-0.4, -0.2) is 24.4 Å². The first-order chi connectivity index (χ1) is 10.3. The van der Waals surface area contributed by atoms with Gasteiger partial charge < -0.3 is 9.47 Å². The molecule has 0 atom stereocenters. The van der Waals surface area contributed by atoms with Gasteiger partial charge >= 0.3 is 0 Å². The van der Waals surface area contributed by atoms with E-state index in [1.807, 2.05) is 36.4 Å². The molecule has 3 aromatic rings. The number of rotatable bonds is 3. The number of methoxy groups -OCH3 is 2. The molecule has 1 N–H and O–H groups in total. The Morgan fingerprint density at radius 1 is 0.952 bits per heavy atom. The summed E-state index contributed by atoms with van der Waals surface area (Å²) in [7, 11) is 3.16. The van der Waals surface area contributed by atoms with Crippen LogP contribution >= 0.6 is 0 Å². The quantitative estimate of drug-likeness (QED) is 0.802. The lowest BCUT2D eigenvalue weighted by atomic mass is 10.0. The monoisotopic (exact) mass is 282 g/mol. The van der Waals surface area contributed by atoms with Gasteiger partial charge in [0.25, 0.3) is 5.56 Å². The van der Waals surface area contributed by atoms with Crippen LogP contribution in [0.15, 0.2) is 47.3 Å². The average molecular weight is 282 g/mol. The number of para-hydroxylation sites is 1. The van der Waals surface area contributed by atoms with E-state index in [-0.39, 0.29) is 5.56 Å². The zero-order chi connectivity index (χ0) is 14.8. The van der Waals surface area contributed by atoms with E-state index in [1.54, 1.807) is 20.3 Å². The fraction of sp³-hybridized carbons (Fsp3) is 0.125. The van der Waals surface area contributed by atoms with Crippen LogP contribution in [0.2, 0.25) is 0 Å². The Hall–Kier alpha value is -2.82. The number of nitrogens with zero attached hydrogens (tertiary/aromatic N) is 1. The predicted octanol–water partition coefficient (Wildman–Crippen LogP) is 2.61. The standard InChI is InChI=1S/C16H14N2O3/c1-20-13-9-5-8-12(15(13)21-2)14-10-6-3-4-7-11(10)16(19)18-17-14/h3-9H,1-2H3,(H,18,19). The lowest BCUT2D eigenvalue weighted by Crippen LogP contribution is -2.09. The number of fused-ring (bicyclic) bond motifs is 1. The smallest absolute Gasteiger partial charge is 0.272 e. The number of nitrogens with one attached hydrogen (secondary N) is 1. The Balaban J connectivity index is 2.37. The van der Waals surface area contributed by atoms with Crippen molar-refractivity contribution in [1.82, 2.24) is 10.2 Å². The van der Waals surface area contributed by atoms with Crippen molar-refractivity contribution in [2.75, 3.05) is 14.2 Å². The van der Waals surface area contributed by atoms with E-state index in [4.69, 9.17) is 9.47 Å². The number of hydrogen-bond acceptors (Lipinski definition) is 4. The summed E-state index contributed by atoms with van der Waals surface area (Å²) in [5.41, 5.74) is 1.21. The number of H-pyrrole nitrogens is 1. The molecular weight excluding hydrogens is 268 g/mol. The van der Waals surface area contributed by atoms with Gasteiger partial charge in [0.05, 0.1) is 19.6 Å². The average Bonchev–Trinajstić information content (AvgIpc) is 2.54. The largest absolute Gasteiger partial charge is 0.493 e. The number of hydrogen-bond donors (Lipinski definition) is 1. The van der Waals surface area contributed by atoms with E-state index in [9.17, 15) is 4.79 Å². The Bertz CT molecular complexity index is 856. The maximum Gasteiger partial charge on any atom is 0.272 e. The zero-order valence-electron chi connectivity index (χ0n) is 11.7. The first-order valence-corrected chi connectivity index (χ1v) is 6.45. The number of ether oxygens (including phenoxy) is 2. The van der Waals surface area contributed by atoms with E-state index in [0.717, 1.165) is 10.9 Å². The second-order valence-electron chi connectivity index (χ2n) is 4.49. The molecular formula is C16H14N2O3. The molecule has 0 saturated carbocycles. The van der Waals surface area contributed by atoms with Gasteiger partial charge in [-0.05, 0) is 18.2 Å². The van der Waals surface area contributed by atoms with Gasteiger partial charge in [-0.1, -0.05) is 24.3 Å².